The smallest absolute Gasteiger partial charge is 0.328 e. The SMILES string of the molecule is O=C(O)C=Cc1ccc(O)c(OCCc2ccccc2)c1. The van der Waals surface area contributed by atoms with E-state index >= 15 is 0 Å². The van der Waals surface area contributed by atoms with Gasteiger partial charge in [-0.3, -0.25) is 0 Å². The Morgan fingerprint density at radius 1 is 1.14 bits per heavy atom. The molecular weight excluding hydrogens is 268 g/mol. The molecule has 4 nitrogen and oxygen atoms in total. The summed E-state index contributed by atoms with van der Waals surface area (Å²) in [6.07, 6.45) is 3.22. The van der Waals surface area contributed by atoms with Crippen LogP contribution in [-0.2, 0) is 11.2 Å². The predicted molar refractivity (Wildman–Crippen MR) is 80.4 cm³/mol. The second kappa shape index (κ2) is 7.14. The number of carboxylic acid groups (broad SMARTS) is 1. The Morgan fingerprint density at radius 2 is 1.90 bits per heavy atom. The second-order valence-corrected chi connectivity index (χ2v) is 4.48. The van der Waals surface area contributed by atoms with Gasteiger partial charge in [-0.25, -0.2) is 4.79 Å². The largest absolute Gasteiger partial charge is 0.504 e. The summed E-state index contributed by atoms with van der Waals surface area (Å²) in [5.74, 6) is -0.636. The molecule has 0 fully saturated rings. The number of ether oxygens (including phenoxy) is 1. The van der Waals surface area contributed by atoms with Crippen molar-refractivity contribution in [3.63, 3.8) is 0 Å². The minimum atomic E-state index is -1.02. The van der Waals surface area contributed by atoms with E-state index in [1.165, 1.54) is 12.1 Å². The summed E-state index contributed by atoms with van der Waals surface area (Å²) in [6.45, 7) is 0.434. The van der Waals surface area contributed by atoms with Gasteiger partial charge < -0.3 is 14.9 Å². The third-order valence-corrected chi connectivity index (χ3v) is 2.89. The van der Waals surface area contributed by atoms with Crippen LogP contribution in [0, 0.1) is 0 Å². The lowest BCUT2D eigenvalue weighted by Crippen LogP contribution is -2.01. The van der Waals surface area contributed by atoms with Crippen molar-refractivity contribution in [3.8, 4) is 11.5 Å². The van der Waals surface area contributed by atoms with Gasteiger partial charge in [-0.05, 0) is 29.3 Å². The number of aromatic hydroxyl groups is 1. The fourth-order valence-corrected chi connectivity index (χ4v) is 1.84. The molecule has 0 spiro atoms. The van der Waals surface area contributed by atoms with Gasteiger partial charge in [0, 0.05) is 12.5 Å². The summed E-state index contributed by atoms with van der Waals surface area (Å²) in [6, 6.07) is 14.6. The molecule has 2 rings (SSSR count). The van der Waals surface area contributed by atoms with Gasteiger partial charge in [0.25, 0.3) is 0 Å². The van der Waals surface area contributed by atoms with Gasteiger partial charge in [0.05, 0.1) is 6.61 Å². The molecule has 0 aliphatic rings. The number of carbonyl (C=O) groups is 1. The van der Waals surface area contributed by atoms with Gasteiger partial charge in [0.2, 0.25) is 0 Å². The maximum atomic E-state index is 10.5. The second-order valence-electron chi connectivity index (χ2n) is 4.48. The molecule has 0 aliphatic heterocycles. The standard InChI is InChI=1S/C17H16O4/c18-15-8-6-14(7-9-17(19)20)12-16(15)21-11-10-13-4-2-1-3-5-13/h1-9,12,18H,10-11H2,(H,19,20). The highest BCUT2D eigenvalue weighted by atomic mass is 16.5. The Balaban J connectivity index is 1.99. The van der Waals surface area contributed by atoms with Gasteiger partial charge in [-0.2, -0.15) is 0 Å². The Labute approximate surface area is 122 Å². The molecule has 0 amide bonds. The molecule has 0 heterocycles. The molecule has 0 bridgehead atoms. The van der Waals surface area contributed by atoms with Crippen molar-refractivity contribution in [1.29, 1.82) is 0 Å². The van der Waals surface area contributed by atoms with Crippen LogP contribution in [0.1, 0.15) is 11.1 Å². The van der Waals surface area contributed by atoms with Crippen LogP contribution in [0.15, 0.2) is 54.6 Å². The highest BCUT2D eigenvalue weighted by Gasteiger charge is 2.03. The van der Waals surface area contributed by atoms with Gasteiger partial charge in [0.1, 0.15) is 0 Å². The van der Waals surface area contributed by atoms with Crippen LogP contribution in [0.3, 0.4) is 0 Å². The molecule has 2 N–H and O–H groups in total. The normalized spacial score (nSPS) is 10.7. The summed E-state index contributed by atoms with van der Waals surface area (Å²) < 4.78 is 5.56. The van der Waals surface area contributed by atoms with E-state index in [4.69, 9.17) is 9.84 Å². The van der Waals surface area contributed by atoms with Crippen molar-refractivity contribution in [2.24, 2.45) is 0 Å². The number of hydrogen-bond acceptors (Lipinski definition) is 3. The fraction of sp³-hybridized carbons (Fsp3) is 0.118. The Bertz CT molecular complexity index is 632. The molecule has 0 saturated heterocycles. The van der Waals surface area contributed by atoms with Crippen LogP contribution < -0.4 is 4.74 Å². The number of hydrogen-bond donors (Lipinski definition) is 2. The molecule has 0 aliphatic carbocycles. The molecule has 0 saturated carbocycles. The lowest BCUT2D eigenvalue weighted by atomic mass is 10.1. The van der Waals surface area contributed by atoms with Gasteiger partial charge >= 0.3 is 5.97 Å². The Kier molecular flexibility index (Phi) is 4.99. The molecule has 2 aromatic carbocycles. The van der Waals surface area contributed by atoms with Crippen LogP contribution in [0.5, 0.6) is 11.5 Å². The number of phenols is 1. The van der Waals surface area contributed by atoms with E-state index < -0.39 is 5.97 Å². The van der Waals surface area contributed by atoms with Crippen molar-refractivity contribution in [2.45, 2.75) is 6.42 Å². The highest BCUT2D eigenvalue weighted by molar-refractivity contribution is 5.85. The number of benzene rings is 2. The maximum absolute atomic E-state index is 10.5. The Morgan fingerprint density at radius 3 is 2.62 bits per heavy atom. The topological polar surface area (TPSA) is 66.8 Å². The number of carboxylic acids is 1. The van der Waals surface area contributed by atoms with E-state index in [1.807, 2.05) is 30.3 Å². The fourth-order valence-electron chi connectivity index (χ4n) is 1.84. The van der Waals surface area contributed by atoms with Crippen molar-refractivity contribution < 1.29 is 19.7 Å². The average Bonchev–Trinajstić information content (AvgIpc) is 2.49. The molecule has 4 heteroatoms. The summed E-state index contributed by atoms with van der Waals surface area (Å²) in [7, 11) is 0. The molecule has 2 aromatic rings. The molecule has 0 radical (unpaired) electrons. The summed E-state index contributed by atoms with van der Waals surface area (Å²) >= 11 is 0. The van der Waals surface area contributed by atoms with E-state index in [-0.39, 0.29) is 5.75 Å². The average molecular weight is 284 g/mol. The van der Waals surface area contributed by atoms with Crippen LogP contribution in [0.2, 0.25) is 0 Å². The summed E-state index contributed by atoms with van der Waals surface area (Å²) in [5.41, 5.74) is 1.81. The van der Waals surface area contributed by atoms with E-state index in [9.17, 15) is 9.90 Å². The Hall–Kier alpha value is -2.75. The minimum absolute atomic E-state index is 0.0375. The molecule has 0 atom stereocenters. The van der Waals surface area contributed by atoms with Crippen LogP contribution in [0.4, 0.5) is 0 Å². The van der Waals surface area contributed by atoms with Crippen molar-refractivity contribution in [3.05, 3.63) is 65.7 Å². The third-order valence-electron chi connectivity index (χ3n) is 2.89. The first-order chi connectivity index (χ1) is 10.1. The van der Waals surface area contributed by atoms with Crippen molar-refractivity contribution >= 4 is 12.0 Å². The quantitative estimate of drug-likeness (QED) is 0.800. The van der Waals surface area contributed by atoms with Gasteiger partial charge in [0.15, 0.2) is 11.5 Å². The summed E-state index contributed by atoms with van der Waals surface area (Å²) in [5, 5.41) is 18.3. The first kappa shape index (κ1) is 14.7. The minimum Gasteiger partial charge on any atom is -0.504 e. The predicted octanol–water partition coefficient (Wildman–Crippen LogP) is 3.11. The molecule has 108 valence electrons. The van der Waals surface area contributed by atoms with E-state index in [0.717, 1.165) is 18.1 Å². The van der Waals surface area contributed by atoms with Crippen molar-refractivity contribution in [2.75, 3.05) is 6.61 Å². The third kappa shape index (κ3) is 4.69. The molecular formula is C17H16O4. The van der Waals surface area contributed by atoms with Gasteiger partial charge in [-0.15, -0.1) is 0 Å². The van der Waals surface area contributed by atoms with E-state index in [2.05, 4.69) is 0 Å². The zero-order chi connectivity index (χ0) is 15.1. The van der Waals surface area contributed by atoms with E-state index in [0.29, 0.717) is 17.9 Å². The lowest BCUT2D eigenvalue weighted by Gasteiger charge is -2.09. The number of rotatable bonds is 6. The highest BCUT2D eigenvalue weighted by Crippen LogP contribution is 2.27. The zero-order valence-electron chi connectivity index (χ0n) is 11.4. The molecule has 0 aromatic heterocycles. The van der Waals surface area contributed by atoms with Crippen LogP contribution >= 0.6 is 0 Å². The number of aliphatic carboxylic acids is 1. The lowest BCUT2D eigenvalue weighted by molar-refractivity contribution is -0.131. The van der Waals surface area contributed by atoms with Crippen molar-refractivity contribution in [1.82, 2.24) is 0 Å². The maximum Gasteiger partial charge on any atom is 0.328 e. The molecule has 0 unspecified atom stereocenters. The monoisotopic (exact) mass is 284 g/mol. The summed E-state index contributed by atoms with van der Waals surface area (Å²) in [4.78, 5) is 10.5. The van der Waals surface area contributed by atoms with Crippen LogP contribution in [-0.4, -0.2) is 22.8 Å². The van der Waals surface area contributed by atoms with Gasteiger partial charge in [-0.1, -0.05) is 36.4 Å². The van der Waals surface area contributed by atoms with Crippen LogP contribution in [0.25, 0.3) is 6.08 Å². The first-order valence-electron chi connectivity index (χ1n) is 6.56. The first-order valence-corrected chi connectivity index (χ1v) is 6.56. The number of phenolic OH excluding ortho intramolecular Hbond substituents is 1. The molecule has 21 heavy (non-hydrogen) atoms. The zero-order valence-corrected chi connectivity index (χ0v) is 11.4. The van der Waals surface area contributed by atoms with E-state index in [1.54, 1.807) is 12.1 Å².